The van der Waals surface area contributed by atoms with Crippen LogP contribution in [0.2, 0.25) is 0 Å². The highest BCUT2D eigenvalue weighted by Gasteiger charge is 2.10. The number of methoxy groups -OCH3 is 1. The van der Waals surface area contributed by atoms with Gasteiger partial charge in [0.05, 0.1) is 7.11 Å². The molecule has 1 rings (SSSR count). The van der Waals surface area contributed by atoms with Crippen LogP contribution in [0.15, 0.2) is 24.3 Å². The molecule has 0 radical (unpaired) electrons. The van der Waals surface area contributed by atoms with E-state index in [0.717, 1.165) is 11.4 Å². The van der Waals surface area contributed by atoms with Gasteiger partial charge in [-0.05, 0) is 31.2 Å². The Morgan fingerprint density at radius 1 is 1.47 bits per heavy atom. The van der Waals surface area contributed by atoms with Crippen LogP contribution in [0.25, 0.3) is 0 Å². The second-order valence-electron chi connectivity index (χ2n) is 4.02. The van der Waals surface area contributed by atoms with Gasteiger partial charge in [0.25, 0.3) is 0 Å². The van der Waals surface area contributed by atoms with E-state index in [1.54, 1.807) is 43.3 Å². The summed E-state index contributed by atoms with van der Waals surface area (Å²) in [6.45, 7) is 2.37. The van der Waals surface area contributed by atoms with E-state index in [-0.39, 0.29) is 12.1 Å². The zero-order chi connectivity index (χ0) is 12.8. The lowest BCUT2D eigenvalue weighted by atomic mass is 10.3. The Bertz CT molecular complexity index is 363. The van der Waals surface area contributed by atoms with Gasteiger partial charge in [-0.2, -0.15) is 0 Å². The largest absolute Gasteiger partial charge is 0.497 e. The van der Waals surface area contributed by atoms with Crippen molar-refractivity contribution in [2.45, 2.75) is 13.0 Å². The molecular weight excluding hydrogens is 218 g/mol. The molecule has 1 unspecified atom stereocenters. The number of hydrogen-bond donors (Lipinski definition) is 2. The van der Waals surface area contributed by atoms with Gasteiger partial charge >= 0.3 is 6.03 Å². The monoisotopic (exact) mass is 237 g/mol. The highest BCUT2D eigenvalue weighted by Crippen LogP contribution is 2.15. The molecule has 0 spiro atoms. The molecule has 0 aromatic heterocycles. The fourth-order valence-corrected chi connectivity index (χ4v) is 1.41. The number of likely N-dealkylation sites (N-methyl/N-ethyl adjacent to an activating group) is 1. The number of nitrogens with two attached hydrogens (primary N) is 1. The summed E-state index contributed by atoms with van der Waals surface area (Å²) in [6, 6.07) is 6.95. The first-order chi connectivity index (χ1) is 8.02. The summed E-state index contributed by atoms with van der Waals surface area (Å²) >= 11 is 0. The number of nitrogens with zero attached hydrogens (tertiary/aromatic N) is 1. The van der Waals surface area contributed by atoms with Crippen molar-refractivity contribution < 1.29 is 9.53 Å². The Hall–Kier alpha value is -1.75. The van der Waals surface area contributed by atoms with Crippen LogP contribution in [0, 0.1) is 0 Å². The van der Waals surface area contributed by atoms with Crippen molar-refractivity contribution >= 4 is 11.7 Å². The molecule has 1 atom stereocenters. The summed E-state index contributed by atoms with van der Waals surface area (Å²) in [5.74, 6) is 0.756. The van der Waals surface area contributed by atoms with Crippen molar-refractivity contribution in [3.05, 3.63) is 24.3 Å². The van der Waals surface area contributed by atoms with Gasteiger partial charge in [0.1, 0.15) is 5.75 Å². The number of hydrogen-bond acceptors (Lipinski definition) is 3. The number of nitrogens with one attached hydrogen (secondary N) is 1. The molecule has 0 aliphatic heterocycles. The molecular formula is C12H19N3O2. The number of rotatable bonds is 4. The van der Waals surface area contributed by atoms with E-state index in [1.807, 2.05) is 6.92 Å². The summed E-state index contributed by atoms with van der Waals surface area (Å²) in [5, 5.41) is 2.77. The zero-order valence-corrected chi connectivity index (χ0v) is 10.4. The van der Waals surface area contributed by atoms with Gasteiger partial charge in [0.15, 0.2) is 0 Å². The molecule has 0 aliphatic rings. The molecule has 1 aromatic rings. The number of anilines is 1. The highest BCUT2D eigenvalue weighted by molar-refractivity contribution is 5.89. The van der Waals surface area contributed by atoms with Crippen molar-refractivity contribution in [1.29, 1.82) is 0 Å². The van der Waals surface area contributed by atoms with Gasteiger partial charge in [-0.3, -0.25) is 0 Å². The van der Waals surface area contributed by atoms with E-state index >= 15 is 0 Å². The summed E-state index contributed by atoms with van der Waals surface area (Å²) in [5.41, 5.74) is 6.35. The van der Waals surface area contributed by atoms with Gasteiger partial charge < -0.3 is 20.7 Å². The Kier molecular flexibility index (Phi) is 4.78. The van der Waals surface area contributed by atoms with E-state index in [2.05, 4.69) is 5.32 Å². The van der Waals surface area contributed by atoms with Crippen LogP contribution in [-0.4, -0.2) is 37.7 Å². The van der Waals surface area contributed by atoms with E-state index in [0.29, 0.717) is 6.54 Å². The number of carbonyl (C=O) groups excluding carboxylic acids is 1. The first kappa shape index (κ1) is 13.3. The second-order valence-corrected chi connectivity index (χ2v) is 4.02. The Labute approximate surface area is 102 Å². The predicted molar refractivity (Wildman–Crippen MR) is 68.3 cm³/mol. The van der Waals surface area contributed by atoms with Gasteiger partial charge in [-0.25, -0.2) is 4.79 Å². The van der Waals surface area contributed by atoms with Crippen LogP contribution in [-0.2, 0) is 0 Å². The lowest BCUT2D eigenvalue weighted by Gasteiger charge is -2.19. The van der Waals surface area contributed by atoms with Crippen LogP contribution in [0.4, 0.5) is 10.5 Å². The van der Waals surface area contributed by atoms with E-state index in [4.69, 9.17) is 10.5 Å². The van der Waals surface area contributed by atoms with Crippen molar-refractivity contribution in [1.82, 2.24) is 4.90 Å². The Morgan fingerprint density at radius 2 is 2.06 bits per heavy atom. The van der Waals surface area contributed by atoms with Crippen LogP contribution >= 0.6 is 0 Å². The average Bonchev–Trinajstić information content (AvgIpc) is 2.29. The van der Waals surface area contributed by atoms with Crippen LogP contribution < -0.4 is 15.8 Å². The molecule has 3 N–H and O–H groups in total. The first-order valence-electron chi connectivity index (χ1n) is 5.44. The van der Waals surface area contributed by atoms with Crippen LogP contribution in [0.1, 0.15) is 6.92 Å². The number of ether oxygens (including phenoxy) is 1. The lowest BCUT2D eigenvalue weighted by Crippen LogP contribution is -2.39. The SMILES string of the molecule is COc1ccc(NC(=O)N(C)CC(C)N)cc1. The maximum Gasteiger partial charge on any atom is 0.321 e. The Balaban J connectivity index is 2.55. The molecule has 5 heteroatoms. The molecule has 1 aromatic carbocycles. The maximum absolute atomic E-state index is 11.7. The molecule has 2 amide bonds. The topological polar surface area (TPSA) is 67.6 Å². The highest BCUT2D eigenvalue weighted by atomic mass is 16.5. The normalized spacial score (nSPS) is 11.8. The Morgan fingerprint density at radius 3 is 2.53 bits per heavy atom. The van der Waals surface area contributed by atoms with Crippen molar-refractivity contribution in [2.24, 2.45) is 5.73 Å². The van der Waals surface area contributed by atoms with E-state index in [9.17, 15) is 4.79 Å². The molecule has 0 aliphatic carbocycles. The molecule has 0 heterocycles. The standard InChI is InChI=1S/C12H19N3O2/c1-9(13)8-15(2)12(16)14-10-4-6-11(17-3)7-5-10/h4-7,9H,8,13H2,1-3H3,(H,14,16). The number of carbonyl (C=O) groups is 1. The van der Waals surface area contributed by atoms with Crippen LogP contribution in [0.3, 0.4) is 0 Å². The van der Waals surface area contributed by atoms with Crippen molar-refractivity contribution in [2.75, 3.05) is 26.0 Å². The van der Waals surface area contributed by atoms with Crippen LogP contribution in [0.5, 0.6) is 5.75 Å². The van der Waals surface area contributed by atoms with Crippen molar-refractivity contribution in [3.63, 3.8) is 0 Å². The zero-order valence-electron chi connectivity index (χ0n) is 10.4. The molecule has 0 saturated heterocycles. The number of amides is 2. The number of benzene rings is 1. The molecule has 5 nitrogen and oxygen atoms in total. The third-order valence-electron chi connectivity index (χ3n) is 2.25. The average molecular weight is 237 g/mol. The van der Waals surface area contributed by atoms with E-state index in [1.165, 1.54) is 0 Å². The van der Waals surface area contributed by atoms with Gasteiger partial charge in [-0.15, -0.1) is 0 Å². The molecule has 0 saturated carbocycles. The van der Waals surface area contributed by atoms with Crippen molar-refractivity contribution in [3.8, 4) is 5.75 Å². The summed E-state index contributed by atoms with van der Waals surface area (Å²) in [4.78, 5) is 13.3. The fraction of sp³-hybridized carbons (Fsp3) is 0.417. The predicted octanol–water partition coefficient (Wildman–Crippen LogP) is 1.51. The molecule has 0 bridgehead atoms. The maximum atomic E-state index is 11.7. The van der Waals surface area contributed by atoms with Gasteiger partial charge in [-0.1, -0.05) is 0 Å². The minimum atomic E-state index is -0.174. The fourth-order valence-electron chi connectivity index (χ4n) is 1.41. The third kappa shape index (κ3) is 4.32. The quantitative estimate of drug-likeness (QED) is 0.834. The van der Waals surface area contributed by atoms with E-state index < -0.39 is 0 Å². The lowest BCUT2D eigenvalue weighted by molar-refractivity contribution is 0.220. The minimum absolute atomic E-state index is 0.0402. The second kappa shape index (κ2) is 6.10. The first-order valence-corrected chi connectivity index (χ1v) is 5.44. The molecule has 94 valence electrons. The number of urea groups is 1. The summed E-state index contributed by atoms with van der Waals surface area (Å²) in [6.07, 6.45) is 0. The minimum Gasteiger partial charge on any atom is -0.497 e. The van der Waals surface area contributed by atoms with Gasteiger partial charge in [0.2, 0.25) is 0 Å². The third-order valence-corrected chi connectivity index (χ3v) is 2.25. The molecule has 0 fully saturated rings. The molecule has 17 heavy (non-hydrogen) atoms. The summed E-state index contributed by atoms with van der Waals surface area (Å²) < 4.78 is 5.03. The van der Waals surface area contributed by atoms with Gasteiger partial charge in [0, 0.05) is 25.3 Å². The smallest absolute Gasteiger partial charge is 0.321 e. The summed E-state index contributed by atoms with van der Waals surface area (Å²) in [7, 11) is 3.31.